The van der Waals surface area contributed by atoms with E-state index in [-0.39, 0.29) is 31.8 Å². The van der Waals surface area contributed by atoms with Crippen molar-refractivity contribution in [3.63, 3.8) is 0 Å². The van der Waals surface area contributed by atoms with E-state index in [1.165, 1.54) is 0 Å². The number of rotatable bonds is 19. The number of guanidine groups is 1. The minimum absolute atomic E-state index is 0.0841. The number of aliphatic carboxylic acids is 2. The number of nitrogens with zero attached hydrogens (tertiary/aromatic N) is 1. The maximum absolute atomic E-state index is 13.1. The van der Waals surface area contributed by atoms with Gasteiger partial charge in [0, 0.05) is 13.0 Å². The Kier molecular flexibility index (Phi) is 16.2. The van der Waals surface area contributed by atoms with Crippen molar-refractivity contribution in [1.29, 1.82) is 0 Å². The molecular formula is C22H42N8O7. The van der Waals surface area contributed by atoms with Gasteiger partial charge in [0.25, 0.3) is 0 Å². The molecule has 0 heterocycles. The second-order valence-electron chi connectivity index (χ2n) is 8.96. The SMILES string of the molecule is CC(C)C(NC(=O)C(CCC(=O)O)NC(=O)C(CCCCN)NC(=O)C(N)CCCN=C(N)N)C(=O)O. The molecular weight excluding hydrogens is 488 g/mol. The third kappa shape index (κ3) is 14.6. The molecule has 0 aliphatic heterocycles. The molecule has 0 fully saturated rings. The predicted octanol–water partition coefficient (Wildman–Crippen LogP) is -2.44. The Hall–Kier alpha value is -3.46. The number of hydrogen-bond acceptors (Lipinski definition) is 8. The molecule has 0 aliphatic rings. The van der Waals surface area contributed by atoms with Crippen LogP contribution in [0.3, 0.4) is 0 Å². The highest BCUT2D eigenvalue weighted by Crippen LogP contribution is 2.08. The summed E-state index contributed by atoms with van der Waals surface area (Å²) in [6.07, 6.45) is 1.17. The van der Waals surface area contributed by atoms with Gasteiger partial charge in [0.05, 0.1) is 6.04 Å². The van der Waals surface area contributed by atoms with Gasteiger partial charge in [-0.2, -0.15) is 0 Å². The Morgan fingerprint density at radius 1 is 0.811 bits per heavy atom. The van der Waals surface area contributed by atoms with E-state index in [2.05, 4.69) is 20.9 Å². The Balaban J connectivity index is 5.49. The Morgan fingerprint density at radius 3 is 1.89 bits per heavy atom. The predicted molar refractivity (Wildman–Crippen MR) is 136 cm³/mol. The number of carboxylic acids is 2. The molecule has 0 rings (SSSR count). The second-order valence-corrected chi connectivity index (χ2v) is 8.96. The number of aliphatic imine (C=N–C) groups is 1. The number of carbonyl (C=O) groups is 5. The average molecular weight is 531 g/mol. The van der Waals surface area contributed by atoms with Crippen molar-refractivity contribution in [2.75, 3.05) is 13.1 Å². The monoisotopic (exact) mass is 530 g/mol. The standard InChI is InChI=1S/C22H42N8O7/c1-12(2)17(21(36)37)30-20(35)15(8-9-16(31)32)29-19(34)14(7-3-4-10-23)28-18(33)13(24)6-5-11-27-22(25)26/h12-15,17H,3-11,23-24H2,1-2H3,(H,28,33)(H,29,34)(H,30,35)(H,31,32)(H,36,37)(H4,25,26,27). The fourth-order valence-corrected chi connectivity index (χ4v) is 3.27. The third-order valence-electron chi connectivity index (χ3n) is 5.39. The number of hydrogen-bond donors (Lipinski definition) is 9. The van der Waals surface area contributed by atoms with Crippen LogP contribution in [-0.4, -0.2) is 83.1 Å². The minimum atomic E-state index is -1.34. The molecule has 3 amide bonds. The first-order valence-electron chi connectivity index (χ1n) is 12.2. The zero-order chi connectivity index (χ0) is 28.5. The number of nitrogens with two attached hydrogens (primary N) is 4. The highest BCUT2D eigenvalue weighted by Gasteiger charge is 2.31. The van der Waals surface area contributed by atoms with Crippen molar-refractivity contribution < 1.29 is 34.2 Å². The molecule has 212 valence electrons. The summed E-state index contributed by atoms with van der Waals surface area (Å²) >= 11 is 0. The summed E-state index contributed by atoms with van der Waals surface area (Å²) in [5, 5.41) is 25.8. The topological polar surface area (TPSA) is 278 Å². The molecule has 0 saturated carbocycles. The summed E-state index contributed by atoms with van der Waals surface area (Å²) in [6.45, 7) is 3.82. The number of carbonyl (C=O) groups excluding carboxylic acids is 3. The maximum Gasteiger partial charge on any atom is 0.326 e. The molecule has 4 atom stereocenters. The molecule has 15 heteroatoms. The molecule has 0 aromatic heterocycles. The first-order chi connectivity index (χ1) is 17.3. The smallest absolute Gasteiger partial charge is 0.326 e. The lowest BCUT2D eigenvalue weighted by Crippen LogP contribution is -2.57. The van der Waals surface area contributed by atoms with E-state index in [0.717, 1.165) is 0 Å². The molecule has 0 bridgehead atoms. The van der Waals surface area contributed by atoms with Crippen LogP contribution in [0.1, 0.15) is 58.8 Å². The second kappa shape index (κ2) is 17.9. The lowest BCUT2D eigenvalue weighted by atomic mass is 10.0. The van der Waals surface area contributed by atoms with E-state index < -0.39 is 66.2 Å². The van der Waals surface area contributed by atoms with Crippen LogP contribution < -0.4 is 38.9 Å². The molecule has 0 aromatic rings. The Morgan fingerprint density at radius 2 is 1.38 bits per heavy atom. The van der Waals surface area contributed by atoms with Crippen molar-refractivity contribution in [3.05, 3.63) is 0 Å². The highest BCUT2D eigenvalue weighted by molar-refractivity contribution is 5.94. The van der Waals surface area contributed by atoms with Gasteiger partial charge in [0.1, 0.15) is 18.1 Å². The lowest BCUT2D eigenvalue weighted by Gasteiger charge is -2.26. The van der Waals surface area contributed by atoms with Crippen molar-refractivity contribution in [2.45, 2.75) is 83.0 Å². The zero-order valence-corrected chi connectivity index (χ0v) is 21.4. The van der Waals surface area contributed by atoms with Gasteiger partial charge < -0.3 is 49.1 Å². The lowest BCUT2D eigenvalue weighted by molar-refractivity contribution is -0.144. The zero-order valence-electron chi connectivity index (χ0n) is 21.4. The average Bonchev–Trinajstić information content (AvgIpc) is 2.80. The van der Waals surface area contributed by atoms with Gasteiger partial charge in [-0.25, -0.2) is 4.79 Å². The molecule has 15 nitrogen and oxygen atoms in total. The van der Waals surface area contributed by atoms with Crippen molar-refractivity contribution in [2.24, 2.45) is 33.8 Å². The van der Waals surface area contributed by atoms with Crippen LogP contribution >= 0.6 is 0 Å². The number of carboxylic acid groups (broad SMARTS) is 2. The number of nitrogens with one attached hydrogen (secondary N) is 3. The van der Waals surface area contributed by atoms with Crippen LogP contribution in [0, 0.1) is 5.92 Å². The number of amides is 3. The van der Waals surface area contributed by atoms with Gasteiger partial charge >= 0.3 is 11.9 Å². The summed E-state index contributed by atoms with van der Waals surface area (Å²) in [5.74, 6) is -5.21. The molecule has 37 heavy (non-hydrogen) atoms. The van der Waals surface area contributed by atoms with E-state index in [1.54, 1.807) is 13.8 Å². The summed E-state index contributed by atoms with van der Waals surface area (Å²) in [6, 6.07) is -4.61. The highest BCUT2D eigenvalue weighted by atomic mass is 16.4. The maximum atomic E-state index is 13.1. The molecule has 0 spiro atoms. The third-order valence-corrected chi connectivity index (χ3v) is 5.39. The fourth-order valence-electron chi connectivity index (χ4n) is 3.27. The van der Waals surface area contributed by atoms with E-state index in [0.29, 0.717) is 25.8 Å². The molecule has 0 aromatic carbocycles. The Bertz CT molecular complexity index is 802. The Labute approximate surface area is 216 Å². The van der Waals surface area contributed by atoms with Gasteiger partial charge in [-0.3, -0.25) is 24.2 Å². The molecule has 4 unspecified atom stereocenters. The van der Waals surface area contributed by atoms with Crippen LogP contribution in [0.4, 0.5) is 0 Å². The fraction of sp³-hybridized carbons (Fsp3) is 0.727. The largest absolute Gasteiger partial charge is 0.481 e. The van der Waals surface area contributed by atoms with Gasteiger partial charge in [0.2, 0.25) is 17.7 Å². The first-order valence-corrected chi connectivity index (χ1v) is 12.2. The minimum Gasteiger partial charge on any atom is -0.481 e. The summed E-state index contributed by atoms with van der Waals surface area (Å²) in [5.41, 5.74) is 21.9. The van der Waals surface area contributed by atoms with E-state index in [4.69, 9.17) is 28.0 Å². The van der Waals surface area contributed by atoms with Gasteiger partial charge in [-0.1, -0.05) is 13.8 Å². The van der Waals surface area contributed by atoms with Crippen LogP contribution in [0.25, 0.3) is 0 Å². The van der Waals surface area contributed by atoms with E-state index >= 15 is 0 Å². The molecule has 0 radical (unpaired) electrons. The summed E-state index contributed by atoms with van der Waals surface area (Å²) in [4.78, 5) is 64.8. The van der Waals surface area contributed by atoms with Gasteiger partial charge in [-0.15, -0.1) is 0 Å². The van der Waals surface area contributed by atoms with Gasteiger partial charge in [-0.05, 0) is 51.0 Å². The van der Waals surface area contributed by atoms with Crippen molar-refractivity contribution >= 4 is 35.6 Å². The van der Waals surface area contributed by atoms with E-state index in [9.17, 15) is 29.1 Å². The van der Waals surface area contributed by atoms with Crippen LogP contribution in [0.15, 0.2) is 4.99 Å². The molecule has 0 saturated heterocycles. The number of unbranched alkanes of at least 4 members (excludes halogenated alkanes) is 1. The molecule has 13 N–H and O–H groups in total. The summed E-state index contributed by atoms with van der Waals surface area (Å²) in [7, 11) is 0. The van der Waals surface area contributed by atoms with Crippen molar-refractivity contribution in [1.82, 2.24) is 16.0 Å². The van der Waals surface area contributed by atoms with Gasteiger partial charge in [0.15, 0.2) is 5.96 Å². The van der Waals surface area contributed by atoms with Crippen LogP contribution in [0.2, 0.25) is 0 Å². The normalized spacial score (nSPS) is 14.1. The first kappa shape index (κ1) is 33.5. The van der Waals surface area contributed by atoms with Crippen LogP contribution in [0.5, 0.6) is 0 Å². The molecule has 0 aliphatic carbocycles. The summed E-state index contributed by atoms with van der Waals surface area (Å²) < 4.78 is 0. The van der Waals surface area contributed by atoms with Crippen molar-refractivity contribution in [3.8, 4) is 0 Å². The van der Waals surface area contributed by atoms with E-state index in [1.807, 2.05) is 0 Å². The van der Waals surface area contributed by atoms with Crippen LogP contribution in [-0.2, 0) is 24.0 Å². The quantitative estimate of drug-likeness (QED) is 0.0480.